The summed E-state index contributed by atoms with van der Waals surface area (Å²) in [5.41, 5.74) is 0.569. The van der Waals surface area contributed by atoms with Crippen LogP contribution < -0.4 is 5.32 Å². The van der Waals surface area contributed by atoms with Crippen molar-refractivity contribution in [1.29, 1.82) is 0 Å². The largest absolute Gasteiger partial charge is 0.390 e. The summed E-state index contributed by atoms with van der Waals surface area (Å²) in [4.78, 5) is 0. The van der Waals surface area contributed by atoms with E-state index < -0.39 is 24.5 Å². The van der Waals surface area contributed by atoms with Crippen LogP contribution in [0.3, 0.4) is 0 Å². The Labute approximate surface area is 102 Å². The zero-order valence-corrected chi connectivity index (χ0v) is 9.87. The summed E-state index contributed by atoms with van der Waals surface area (Å²) in [5.74, 6) is -0.577. The fourth-order valence-electron chi connectivity index (χ4n) is 1.51. The van der Waals surface area contributed by atoms with Crippen molar-refractivity contribution in [2.45, 2.75) is 25.1 Å². The minimum Gasteiger partial charge on any atom is -0.316 e. The molecule has 0 aliphatic carbocycles. The van der Waals surface area contributed by atoms with Gasteiger partial charge in [0, 0.05) is 6.04 Å². The van der Waals surface area contributed by atoms with E-state index in [4.69, 9.17) is 11.6 Å². The van der Waals surface area contributed by atoms with Crippen LogP contribution in [-0.4, -0.2) is 19.3 Å². The number of alkyl halides is 3. The standard InChI is InChI=1S/C11H12ClF4N/c1-17-8(6-11(14,15)16)4-7-2-3-10(13)9(12)5-7/h2-3,5,8,17H,4,6H2,1H3. The molecule has 0 aromatic heterocycles. The van der Waals surface area contributed by atoms with Gasteiger partial charge in [-0.25, -0.2) is 4.39 Å². The van der Waals surface area contributed by atoms with E-state index in [2.05, 4.69) is 5.32 Å². The average molecular weight is 270 g/mol. The third-order valence-corrected chi connectivity index (χ3v) is 2.64. The molecule has 0 radical (unpaired) electrons. The van der Waals surface area contributed by atoms with E-state index in [9.17, 15) is 17.6 Å². The van der Waals surface area contributed by atoms with Crippen molar-refractivity contribution in [2.24, 2.45) is 0 Å². The molecule has 0 aliphatic heterocycles. The average Bonchev–Trinajstić information content (AvgIpc) is 2.20. The van der Waals surface area contributed by atoms with E-state index in [1.807, 2.05) is 0 Å². The highest BCUT2D eigenvalue weighted by molar-refractivity contribution is 6.30. The molecule has 0 fully saturated rings. The summed E-state index contributed by atoms with van der Waals surface area (Å²) in [5, 5.41) is 2.51. The highest BCUT2D eigenvalue weighted by Crippen LogP contribution is 2.24. The van der Waals surface area contributed by atoms with Crippen LogP contribution in [0.5, 0.6) is 0 Å². The number of benzene rings is 1. The predicted octanol–water partition coefficient (Wildman–Crippen LogP) is 3.56. The number of nitrogens with one attached hydrogen (secondary N) is 1. The van der Waals surface area contributed by atoms with E-state index in [0.29, 0.717) is 5.56 Å². The summed E-state index contributed by atoms with van der Waals surface area (Å²) < 4.78 is 49.5. The second kappa shape index (κ2) is 5.69. The third-order valence-electron chi connectivity index (χ3n) is 2.35. The maximum Gasteiger partial charge on any atom is 0.390 e. The summed E-state index contributed by atoms with van der Waals surface area (Å²) >= 11 is 5.56. The molecular formula is C11H12ClF4N. The molecule has 0 bridgehead atoms. The van der Waals surface area contributed by atoms with Crippen molar-refractivity contribution in [2.75, 3.05) is 7.05 Å². The van der Waals surface area contributed by atoms with Crippen molar-refractivity contribution < 1.29 is 17.6 Å². The maximum atomic E-state index is 12.9. The summed E-state index contributed by atoms with van der Waals surface area (Å²) in [7, 11) is 1.46. The van der Waals surface area contributed by atoms with E-state index >= 15 is 0 Å². The van der Waals surface area contributed by atoms with E-state index in [1.165, 1.54) is 19.2 Å². The van der Waals surface area contributed by atoms with Gasteiger partial charge in [0.2, 0.25) is 0 Å². The van der Waals surface area contributed by atoms with Gasteiger partial charge in [-0.3, -0.25) is 0 Å². The first-order valence-corrected chi connectivity index (χ1v) is 5.37. The lowest BCUT2D eigenvalue weighted by Gasteiger charge is -2.18. The van der Waals surface area contributed by atoms with Crippen LogP contribution in [0, 0.1) is 5.82 Å². The number of rotatable bonds is 4. The second-order valence-electron chi connectivity index (χ2n) is 3.76. The fourth-order valence-corrected chi connectivity index (χ4v) is 1.71. The second-order valence-corrected chi connectivity index (χ2v) is 4.16. The van der Waals surface area contributed by atoms with E-state index in [-0.39, 0.29) is 11.4 Å². The molecule has 1 aromatic rings. The van der Waals surface area contributed by atoms with E-state index in [1.54, 1.807) is 0 Å². The number of likely N-dealkylation sites (N-methyl/N-ethyl adjacent to an activating group) is 1. The van der Waals surface area contributed by atoms with Crippen LogP contribution in [0.4, 0.5) is 17.6 Å². The van der Waals surface area contributed by atoms with Crippen molar-refractivity contribution in [1.82, 2.24) is 5.32 Å². The Morgan fingerprint density at radius 3 is 2.47 bits per heavy atom. The van der Waals surface area contributed by atoms with Crippen LogP contribution in [0.25, 0.3) is 0 Å². The molecule has 17 heavy (non-hydrogen) atoms. The summed E-state index contributed by atoms with van der Waals surface area (Å²) in [6.07, 6.45) is -5.01. The topological polar surface area (TPSA) is 12.0 Å². The maximum absolute atomic E-state index is 12.9. The molecule has 1 unspecified atom stereocenters. The number of hydrogen-bond donors (Lipinski definition) is 1. The van der Waals surface area contributed by atoms with Crippen LogP contribution in [0.2, 0.25) is 5.02 Å². The SMILES string of the molecule is CNC(Cc1ccc(F)c(Cl)c1)CC(F)(F)F. The first-order valence-electron chi connectivity index (χ1n) is 5.00. The molecule has 0 heterocycles. The summed E-state index contributed by atoms with van der Waals surface area (Å²) in [6.45, 7) is 0. The van der Waals surface area contributed by atoms with Gasteiger partial charge >= 0.3 is 6.18 Å². The Kier molecular flexibility index (Phi) is 4.77. The van der Waals surface area contributed by atoms with Gasteiger partial charge < -0.3 is 5.32 Å². The van der Waals surface area contributed by atoms with Gasteiger partial charge in [0.15, 0.2) is 0 Å². The normalized spacial score (nSPS) is 13.8. The molecule has 1 atom stereocenters. The first kappa shape index (κ1) is 14.3. The smallest absolute Gasteiger partial charge is 0.316 e. The van der Waals surface area contributed by atoms with Crippen LogP contribution in [0.15, 0.2) is 18.2 Å². The molecule has 0 amide bonds. The molecular weight excluding hydrogens is 258 g/mol. The van der Waals surface area contributed by atoms with Crippen LogP contribution in [-0.2, 0) is 6.42 Å². The van der Waals surface area contributed by atoms with Crippen molar-refractivity contribution in [3.8, 4) is 0 Å². The monoisotopic (exact) mass is 269 g/mol. The van der Waals surface area contributed by atoms with Gasteiger partial charge in [0.05, 0.1) is 11.4 Å². The molecule has 1 nitrogen and oxygen atoms in total. The quantitative estimate of drug-likeness (QED) is 0.824. The zero-order chi connectivity index (χ0) is 13.1. The Bertz CT molecular complexity index is 378. The lowest BCUT2D eigenvalue weighted by molar-refractivity contribution is -0.139. The van der Waals surface area contributed by atoms with Crippen LogP contribution >= 0.6 is 11.6 Å². The van der Waals surface area contributed by atoms with Gasteiger partial charge in [0.25, 0.3) is 0 Å². The van der Waals surface area contributed by atoms with Gasteiger partial charge in [-0.1, -0.05) is 17.7 Å². The van der Waals surface area contributed by atoms with Crippen molar-refractivity contribution in [3.63, 3.8) is 0 Å². The molecule has 6 heteroatoms. The predicted molar refractivity (Wildman–Crippen MR) is 58.6 cm³/mol. The Morgan fingerprint density at radius 1 is 1.35 bits per heavy atom. The Balaban J connectivity index is 2.70. The summed E-state index contributed by atoms with van der Waals surface area (Å²) in [6, 6.07) is 3.19. The zero-order valence-electron chi connectivity index (χ0n) is 9.11. The molecule has 0 saturated heterocycles. The molecule has 96 valence electrons. The Hall–Kier alpha value is -0.810. The molecule has 0 saturated carbocycles. The van der Waals surface area contributed by atoms with E-state index in [0.717, 1.165) is 6.07 Å². The van der Waals surface area contributed by atoms with Crippen molar-refractivity contribution in [3.05, 3.63) is 34.6 Å². The first-order chi connectivity index (χ1) is 7.81. The molecule has 1 aromatic carbocycles. The minimum atomic E-state index is -4.22. The number of halogens is 5. The molecule has 0 aliphatic rings. The van der Waals surface area contributed by atoms with Crippen LogP contribution in [0.1, 0.15) is 12.0 Å². The van der Waals surface area contributed by atoms with Gasteiger partial charge in [0.1, 0.15) is 5.82 Å². The van der Waals surface area contributed by atoms with Gasteiger partial charge in [-0.05, 0) is 31.2 Å². The minimum absolute atomic E-state index is 0.0793. The fraction of sp³-hybridized carbons (Fsp3) is 0.455. The molecule has 0 spiro atoms. The highest BCUT2D eigenvalue weighted by atomic mass is 35.5. The molecule has 1 rings (SSSR count). The van der Waals surface area contributed by atoms with Gasteiger partial charge in [-0.15, -0.1) is 0 Å². The Morgan fingerprint density at radius 2 is 2.00 bits per heavy atom. The van der Waals surface area contributed by atoms with Gasteiger partial charge in [-0.2, -0.15) is 13.2 Å². The highest BCUT2D eigenvalue weighted by Gasteiger charge is 2.31. The third kappa shape index (κ3) is 4.91. The lowest BCUT2D eigenvalue weighted by atomic mass is 10.0. The van der Waals surface area contributed by atoms with Crippen molar-refractivity contribution >= 4 is 11.6 Å². The molecule has 1 N–H and O–H groups in total. The lowest BCUT2D eigenvalue weighted by Crippen LogP contribution is -2.32. The number of hydrogen-bond acceptors (Lipinski definition) is 1.